The third-order valence-corrected chi connectivity index (χ3v) is 5.16. The average Bonchev–Trinajstić information content (AvgIpc) is 3.10. The average molecular weight is 327 g/mol. The lowest BCUT2D eigenvalue weighted by molar-refractivity contribution is 1.50. The summed E-state index contributed by atoms with van der Waals surface area (Å²) in [6.07, 6.45) is 0. The lowest BCUT2D eigenvalue weighted by Crippen LogP contribution is -1.56. The molecular weight excluding hydrogens is 304 g/mol. The van der Waals surface area contributed by atoms with E-state index in [1.54, 1.807) is 0 Å². The first-order valence-electron chi connectivity index (χ1n) is 7.63. The van der Waals surface area contributed by atoms with Crippen LogP contribution in [0.3, 0.4) is 0 Å². The first kappa shape index (κ1) is 16.7. The summed E-state index contributed by atoms with van der Waals surface area (Å²) in [4.78, 5) is 2.78. The van der Waals surface area contributed by atoms with E-state index in [0.717, 1.165) is 0 Å². The van der Waals surface area contributed by atoms with Crippen LogP contribution < -0.4 is 0 Å². The Hall–Kier alpha value is -1.64. The molecule has 2 aromatic heterocycles. The molecule has 0 aliphatic carbocycles. The highest BCUT2D eigenvalue weighted by molar-refractivity contribution is 7.19. The summed E-state index contributed by atoms with van der Waals surface area (Å²) >= 11 is 3.70. The van der Waals surface area contributed by atoms with Crippen LogP contribution in [0.25, 0.3) is 20.2 Å². The number of rotatable bonds is 0. The van der Waals surface area contributed by atoms with Gasteiger partial charge in [-0.15, -0.1) is 22.7 Å². The van der Waals surface area contributed by atoms with Crippen LogP contribution in [0.5, 0.6) is 0 Å². The van der Waals surface area contributed by atoms with Crippen molar-refractivity contribution in [2.24, 2.45) is 0 Å². The molecule has 0 aliphatic rings. The Balaban J connectivity index is 0.000000144. The van der Waals surface area contributed by atoms with E-state index in [0.29, 0.717) is 0 Å². The summed E-state index contributed by atoms with van der Waals surface area (Å²) in [5.41, 5.74) is 0. The molecule has 0 saturated heterocycles. The molecule has 0 atom stereocenters. The van der Waals surface area contributed by atoms with E-state index >= 15 is 0 Å². The van der Waals surface area contributed by atoms with Gasteiger partial charge in [-0.25, -0.2) is 0 Å². The van der Waals surface area contributed by atoms with Gasteiger partial charge in [0.25, 0.3) is 0 Å². The zero-order chi connectivity index (χ0) is 15.9. The molecule has 4 rings (SSSR count). The fraction of sp³-hybridized carbons (Fsp3) is 0.200. The quantitative estimate of drug-likeness (QED) is 0.315. The zero-order valence-electron chi connectivity index (χ0n) is 13.6. The summed E-state index contributed by atoms with van der Waals surface area (Å²) in [6.45, 7) is 8.29. The topological polar surface area (TPSA) is 0 Å². The van der Waals surface area contributed by atoms with E-state index in [-0.39, 0.29) is 0 Å². The van der Waals surface area contributed by atoms with Crippen LogP contribution in [-0.2, 0) is 0 Å². The third kappa shape index (κ3) is 4.19. The van der Waals surface area contributed by atoms with Crippen LogP contribution in [0.15, 0.2) is 60.7 Å². The molecule has 4 aromatic rings. The van der Waals surface area contributed by atoms with Crippen molar-refractivity contribution in [3.8, 4) is 0 Å². The van der Waals surface area contributed by atoms with Gasteiger partial charge in [0.2, 0.25) is 0 Å². The molecule has 0 amide bonds. The molecule has 0 N–H and O–H groups in total. The standard InChI is InChI=1S/2C9H8S.C2H6/c2*1-7-6-8-4-2-3-5-9(8)10-7;1-2/h2*2-6H,1H3;1-2H3. The predicted molar refractivity (Wildman–Crippen MR) is 104 cm³/mol. The number of hydrogen-bond donors (Lipinski definition) is 0. The van der Waals surface area contributed by atoms with Crippen LogP contribution in [0, 0.1) is 13.8 Å². The molecule has 22 heavy (non-hydrogen) atoms. The second kappa shape index (κ2) is 8.11. The maximum Gasteiger partial charge on any atom is 0.0345 e. The molecule has 0 unspecified atom stereocenters. The second-order valence-corrected chi connectivity index (χ2v) is 7.37. The second-order valence-electron chi connectivity index (χ2n) is 4.79. The summed E-state index contributed by atoms with van der Waals surface area (Å²) in [7, 11) is 0. The normalized spacial score (nSPS) is 9.82. The number of hydrogen-bond acceptors (Lipinski definition) is 2. The van der Waals surface area contributed by atoms with Crippen molar-refractivity contribution >= 4 is 42.8 Å². The van der Waals surface area contributed by atoms with Gasteiger partial charge < -0.3 is 0 Å². The first-order chi connectivity index (χ1) is 10.7. The highest BCUT2D eigenvalue weighted by atomic mass is 32.1. The van der Waals surface area contributed by atoms with Crippen molar-refractivity contribution in [2.45, 2.75) is 27.7 Å². The van der Waals surface area contributed by atoms with E-state index in [1.165, 1.54) is 29.9 Å². The summed E-state index contributed by atoms with van der Waals surface area (Å²) in [5, 5.41) is 2.73. The van der Waals surface area contributed by atoms with Gasteiger partial charge in [-0.3, -0.25) is 0 Å². The van der Waals surface area contributed by atoms with Gasteiger partial charge in [0.15, 0.2) is 0 Å². The minimum atomic E-state index is 1.37. The highest BCUT2D eigenvalue weighted by Crippen LogP contribution is 2.24. The lowest BCUT2D eigenvalue weighted by Gasteiger charge is -1.82. The van der Waals surface area contributed by atoms with Crippen molar-refractivity contribution < 1.29 is 0 Å². The molecule has 0 aliphatic heterocycles. The van der Waals surface area contributed by atoms with Crippen molar-refractivity contribution in [1.29, 1.82) is 0 Å². The molecule has 114 valence electrons. The molecule has 0 fully saturated rings. The lowest BCUT2D eigenvalue weighted by atomic mass is 10.2. The number of thiophene rings is 2. The van der Waals surface area contributed by atoms with Crippen molar-refractivity contribution in [2.75, 3.05) is 0 Å². The molecule has 0 saturated carbocycles. The largest absolute Gasteiger partial charge is 0.141 e. The maximum absolute atomic E-state index is 2.22. The van der Waals surface area contributed by atoms with E-state index in [1.807, 2.05) is 36.5 Å². The molecular formula is C20H22S2. The smallest absolute Gasteiger partial charge is 0.0345 e. The van der Waals surface area contributed by atoms with Crippen LogP contribution in [0.1, 0.15) is 23.6 Å². The van der Waals surface area contributed by atoms with Gasteiger partial charge in [-0.1, -0.05) is 50.2 Å². The summed E-state index contributed by atoms with van der Waals surface area (Å²) in [5.74, 6) is 0. The molecule has 0 nitrogen and oxygen atoms in total. The van der Waals surface area contributed by atoms with Gasteiger partial charge in [-0.05, 0) is 48.9 Å². The summed E-state index contributed by atoms with van der Waals surface area (Å²) < 4.78 is 2.78. The Morgan fingerprint density at radius 2 is 0.955 bits per heavy atom. The van der Waals surface area contributed by atoms with Gasteiger partial charge in [0.05, 0.1) is 0 Å². The molecule has 2 heterocycles. The highest BCUT2D eigenvalue weighted by Gasteiger charge is 1.94. The monoisotopic (exact) mass is 326 g/mol. The summed E-state index contributed by atoms with van der Waals surface area (Å²) in [6, 6.07) is 21.4. The predicted octanol–water partition coefficient (Wildman–Crippen LogP) is 7.45. The fourth-order valence-corrected chi connectivity index (χ4v) is 4.08. The fourth-order valence-electron chi connectivity index (χ4n) is 2.23. The Morgan fingerprint density at radius 3 is 1.32 bits per heavy atom. The van der Waals surface area contributed by atoms with Crippen molar-refractivity contribution in [1.82, 2.24) is 0 Å². The van der Waals surface area contributed by atoms with Crippen LogP contribution in [0.4, 0.5) is 0 Å². The van der Waals surface area contributed by atoms with Gasteiger partial charge in [-0.2, -0.15) is 0 Å². The molecule has 2 heteroatoms. The zero-order valence-corrected chi connectivity index (χ0v) is 15.2. The van der Waals surface area contributed by atoms with E-state index in [9.17, 15) is 0 Å². The van der Waals surface area contributed by atoms with Gasteiger partial charge in [0, 0.05) is 19.2 Å². The SMILES string of the molecule is CC.Cc1cc2ccccc2s1.Cc1cc2ccccc2s1. The van der Waals surface area contributed by atoms with Crippen molar-refractivity contribution in [3.05, 3.63) is 70.4 Å². The number of benzene rings is 2. The molecule has 0 spiro atoms. The number of fused-ring (bicyclic) bond motifs is 2. The minimum absolute atomic E-state index is 1.37. The maximum atomic E-state index is 2.22. The molecule has 2 aromatic carbocycles. The Morgan fingerprint density at radius 1 is 0.591 bits per heavy atom. The molecule has 0 radical (unpaired) electrons. The Labute approximate surface area is 141 Å². The Bertz CT molecular complexity index is 699. The van der Waals surface area contributed by atoms with E-state index in [4.69, 9.17) is 0 Å². The van der Waals surface area contributed by atoms with E-state index < -0.39 is 0 Å². The van der Waals surface area contributed by atoms with Gasteiger partial charge >= 0.3 is 0 Å². The minimum Gasteiger partial charge on any atom is -0.141 e. The van der Waals surface area contributed by atoms with Crippen molar-refractivity contribution in [3.63, 3.8) is 0 Å². The third-order valence-electron chi connectivity index (χ3n) is 3.10. The molecule has 0 bridgehead atoms. The Kier molecular flexibility index (Phi) is 6.17. The first-order valence-corrected chi connectivity index (χ1v) is 9.26. The van der Waals surface area contributed by atoms with E-state index in [2.05, 4.69) is 74.5 Å². The van der Waals surface area contributed by atoms with Gasteiger partial charge in [0.1, 0.15) is 0 Å². The van der Waals surface area contributed by atoms with Crippen LogP contribution in [-0.4, -0.2) is 0 Å². The van der Waals surface area contributed by atoms with Crippen LogP contribution >= 0.6 is 22.7 Å². The number of aryl methyl sites for hydroxylation is 2. The van der Waals surface area contributed by atoms with Crippen LogP contribution in [0.2, 0.25) is 0 Å².